The van der Waals surface area contributed by atoms with E-state index >= 15 is 0 Å². The number of carbonyl (C=O) groups excluding carboxylic acids is 2. The Hall–Kier alpha value is -2.71. The van der Waals surface area contributed by atoms with Crippen molar-refractivity contribution in [2.24, 2.45) is 10.7 Å². The zero-order valence-electron chi connectivity index (χ0n) is 13.4. The molecule has 0 saturated carbocycles. The highest BCUT2D eigenvalue weighted by Gasteiger charge is 2.59. The van der Waals surface area contributed by atoms with Gasteiger partial charge in [-0.15, -0.1) is 0 Å². The molecule has 0 bridgehead atoms. The lowest BCUT2D eigenvalue weighted by Crippen LogP contribution is -2.49. The molecule has 2 atom stereocenters. The molecule has 26 heavy (non-hydrogen) atoms. The summed E-state index contributed by atoms with van der Waals surface area (Å²) in [5.74, 6) is -1.64. The van der Waals surface area contributed by atoms with E-state index in [-0.39, 0.29) is 17.5 Å². The quantitative estimate of drug-likeness (QED) is 0.853. The van der Waals surface area contributed by atoms with Gasteiger partial charge in [-0.2, -0.15) is 4.99 Å². The predicted octanol–water partition coefficient (Wildman–Crippen LogP) is 1.52. The van der Waals surface area contributed by atoms with Crippen LogP contribution >= 0.6 is 11.8 Å². The standard InChI is InChI=1S/C18H14FN3O3S/c19-11-7-5-10(6-8-11)9-22-13-4-2-1-3-12(13)18(25,16(22)24)14-15(23)21-17(20)26-14/h1-8,14,25H,9H2,(H2,20,21,23). The van der Waals surface area contributed by atoms with Crippen LogP contribution in [-0.4, -0.2) is 27.3 Å². The first kappa shape index (κ1) is 16.7. The SMILES string of the molecule is NC1=NC(=O)C(C2(O)C(=O)N(Cc3ccc(F)cc3)c3ccccc32)S1. The first-order valence-corrected chi connectivity index (χ1v) is 8.72. The van der Waals surface area contributed by atoms with E-state index in [9.17, 15) is 19.1 Å². The van der Waals surface area contributed by atoms with Gasteiger partial charge in [-0.05, 0) is 23.8 Å². The average Bonchev–Trinajstić information content (AvgIpc) is 3.08. The highest BCUT2D eigenvalue weighted by Crippen LogP contribution is 2.47. The average molecular weight is 371 g/mol. The molecular formula is C18H14FN3O3S. The molecule has 2 unspecified atom stereocenters. The van der Waals surface area contributed by atoms with Crippen LogP contribution in [0.4, 0.5) is 10.1 Å². The number of nitrogens with two attached hydrogens (primary N) is 1. The zero-order valence-corrected chi connectivity index (χ0v) is 14.2. The Labute approximate surface area is 152 Å². The molecule has 6 nitrogen and oxygen atoms in total. The van der Waals surface area contributed by atoms with Crippen LogP contribution in [-0.2, 0) is 21.7 Å². The second-order valence-electron chi connectivity index (χ2n) is 6.09. The summed E-state index contributed by atoms with van der Waals surface area (Å²) in [6, 6.07) is 12.5. The Kier molecular flexibility index (Phi) is 3.82. The molecule has 2 amide bonds. The Morgan fingerprint density at radius 3 is 2.54 bits per heavy atom. The number of aliphatic hydroxyl groups is 1. The number of amidine groups is 1. The number of thioether (sulfide) groups is 1. The second-order valence-corrected chi connectivity index (χ2v) is 7.21. The van der Waals surface area contributed by atoms with Gasteiger partial charge in [-0.3, -0.25) is 9.59 Å². The Bertz CT molecular complexity index is 947. The van der Waals surface area contributed by atoms with Gasteiger partial charge < -0.3 is 15.7 Å². The van der Waals surface area contributed by atoms with Crippen molar-refractivity contribution in [1.29, 1.82) is 0 Å². The maximum absolute atomic E-state index is 13.1. The predicted molar refractivity (Wildman–Crippen MR) is 95.9 cm³/mol. The number of para-hydroxylation sites is 1. The lowest BCUT2D eigenvalue weighted by atomic mass is 9.91. The number of aliphatic imine (C=N–C) groups is 1. The number of amides is 2. The van der Waals surface area contributed by atoms with E-state index < -0.39 is 22.7 Å². The van der Waals surface area contributed by atoms with Crippen molar-refractivity contribution in [1.82, 2.24) is 0 Å². The molecule has 0 spiro atoms. The Balaban J connectivity index is 1.75. The summed E-state index contributed by atoms with van der Waals surface area (Å²) in [5.41, 5.74) is 5.08. The number of anilines is 1. The minimum absolute atomic E-state index is 0.0238. The highest BCUT2D eigenvalue weighted by atomic mass is 32.2. The number of hydrogen-bond donors (Lipinski definition) is 2. The van der Waals surface area contributed by atoms with Gasteiger partial charge in [0, 0.05) is 5.56 Å². The Morgan fingerprint density at radius 1 is 1.19 bits per heavy atom. The van der Waals surface area contributed by atoms with E-state index in [1.165, 1.54) is 17.0 Å². The van der Waals surface area contributed by atoms with Crippen LogP contribution in [0.25, 0.3) is 0 Å². The number of rotatable bonds is 3. The smallest absolute Gasteiger partial charge is 0.265 e. The molecule has 2 aliphatic heterocycles. The molecule has 2 heterocycles. The van der Waals surface area contributed by atoms with E-state index in [4.69, 9.17) is 5.73 Å². The van der Waals surface area contributed by atoms with Crippen molar-refractivity contribution in [3.8, 4) is 0 Å². The number of nitrogens with zero attached hydrogens (tertiary/aromatic N) is 2. The lowest BCUT2D eigenvalue weighted by Gasteiger charge is -2.26. The van der Waals surface area contributed by atoms with Crippen LogP contribution in [0.5, 0.6) is 0 Å². The van der Waals surface area contributed by atoms with Crippen molar-refractivity contribution < 1.29 is 19.1 Å². The fourth-order valence-electron chi connectivity index (χ4n) is 3.27. The zero-order chi connectivity index (χ0) is 18.5. The van der Waals surface area contributed by atoms with Crippen molar-refractivity contribution >= 4 is 34.4 Å². The molecule has 0 saturated heterocycles. The molecule has 132 valence electrons. The van der Waals surface area contributed by atoms with Gasteiger partial charge in [0.25, 0.3) is 11.8 Å². The van der Waals surface area contributed by atoms with Crippen molar-refractivity contribution in [3.63, 3.8) is 0 Å². The van der Waals surface area contributed by atoms with Gasteiger partial charge in [0.2, 0.25) is 0 Å². The fourth-order valence-corrected chi connectivity index (χ4v) is 4.21. The highest BCUT2D eigenvalue weighted by molar-refractivity contribution is 8.15. The molecule has 0 aromatic heterocycles. The minimum atomic E-state index is -2.05. The molecule has 3 N–H and O–H groups in total. The molecule has 0 fully saturated rings. The maximum atomic E-state index is 13.1. The van der Waals surface area contributed by atoms with Gasteiger partial charge in [0.15, 0.2) is 10.8 Å². The third-order valence-corrected chi connectivity index (χ3v) is 5.60. The van der Waals surface area contributed by atoms with Gasteiger partial charge >= 0.3 is 0 Å². The van der Waals surface area contributed by atoms with Crippen LogP contribution < -0.4 is 10.6 Å². The summed E-state index contributed by atoms with van der Waals surface area (Å²) in [5, 5.41) is 10.2. The van der Waals surface area contributed by atoms with Crippen LogP contribution in [0.1, 0.15) is 11.1 Å². The summed E-state index contributed by atoms with van der Waals surface area (Å²) in [6.07, 6.45) is 0. The van der Waals surface area contributed by atoms with Crippen molar-refractivity contribution in [3.05, 3.63) is 65.5 Å². The summed E-state index contributed by atoms with van der Waals surface area (Å²) < 4.78 is 13.1. The van der Waals surface area contributed by atoms with Gasteiger partial charge in [-0.25, -0.2) is 4.39 Å². The van der Waals surface area contributed by atoms with E-state index in [1.807, 2.05) is 0 Å². The molecule has 2 aromatic carbocycles. The summed E-state index contributed by atoms with van der Waals surface area (Å²) in [6.45, 7) is 0.139. The lowest BCUT2D eigenvalue weighted by molar-refractivity contribution is -0.140. The van der Waals surface area contributed by atoms with Gasteiger partial charge in [0.1, 0.15) is 11.1 Å². The molecule has 4 rings (SSSR count). The fraction of sp³-hybridized carbons (Fsp3) is 0.167. The minimum Gasteiger partial charge on any atom is -0.378 e. The Morgan fingerprint density at radius 2 is 1.88 bits per heavy atom. The van der Waals surface area contributed by atoms with Gasteiger partial charge in [0.05, 0.1) is 12.2 Å². The molecule has 2 aliphatic rings. The van der Waals surface area contributed by atoms with Crippen LogP contribution in [0.2, 0.25) is 0 Å². The molecule has 0 aliphatic carbocycles. The van der Waals surface area contributed by atoms with Crippen LogP contribution in [0.15, 0.2) is 53.5 Å². The summed E-state index contributed by atoms with van der Waals surface area (Å²) in [7, 11) is 0. The molecular weight excluding hydrogens is 357 g/mol. The van der Waals surface area contributed by atoms with E-state index in [0.717, 1.165) is 11.8 Å². The monoisotopic (exact) mass is 371 g/mol. The molecule has 0 radical (unpaired) electrons. The van der Waals surface area contributed by atoms with Gasteiger partial charge in [-0.1, -0.05) is 42.1 Å². The largest absolute Gasteiger partial charge is 0.378 e. The number of hydrogen-bond acceptors (Lipinski definition) is 5. The number of halogens is 1. The maximum Gasteiger partial charge on any atom is 0.265 e. The van der Waals surface area contributed by atoms with E-state index in [0.29, 0.717) is 16.8 Å². The topological polar surface area (TPSA) is 96.0 Å². The molecule has 2 aromatic rings. The van der Waals surface area contributed by atoms with Crippen LogP contribution in [0.3, 0.4) is 0 Å². The van der Waals surface area contributed by atoms with Crippen LogP contribution in [0, 0.1) is 5.82 Å². The van der Waals surface area contributed by atoms with E-state index in [2.05, 4.69) is 4.99 Å². The molecule has 8 heteroatoms. The third-order valence-electron chi connectivity index (χ3n) is 4.49. The van der Waals surface area contributed by atoms with E-state index in [1.54, 1.807) is 36.4 Å². The van der Waals surface area contributed by atoms with Crippen molar-refractivity contribution in [2.75, 3.05) is 4.90 Å². The number of benzene rings is 2. The number of fused-ring (bicyclic) bond motifs is 1. The van der Waals surface area contributed by atoms with Crippen molar-refractivity contribution in [2.45, 2.75) is 17.4 Å². The normalized spacial score (nSPS) is 24.8. The first-order valence-electron chi connectivity index (χ1n) is 7.84. The third kappa shape index (κ3) is 2.41. The summed E-state index contributed by atoms with van der Waals surface area (Å²) in [4.78, 5) is 30.3. The second kappa shape index (κ2) is 5.93. The summed E-state index contributed by atoms with van der Waals surface area (Å²) >= 11 is 0.879. The number of carbonyl (C=O) groups is 2. The first-order chi connectivity index (χ1) is 12.4.